The van der Waals surface area contributed by atoms with Crippen molar-refractivity contribution >= 4 is 35.1 Å². The zero-order chi connectivity index (χ0) is 19.5. The molecule has 3 amide bonds. The third-order valence-electron chi connectivity index (χ3n) is 4.92. The van der Waals surface area contributed by atoms with Crippen molar-refractivity contribution in [3.8, 4) is 0 Å². The monoisotopic (exact) mass is 397 g/mol. The number of ether oxygens (including phenoxy) is 1. The molecular weight excluding hydrogens is 374 g/mol. The molecule has 0 saturated carbocycles. The summed E-state index contributed by atoms with van der Waals surface area (Å²) in [6, 6.07) is 13.1. The highest BCUT2D eigenvalue weighted by molar-refractivity contribution is 7.99. The number of benzene rings is 2. The van der Waals surface area contributed by atoms with Gasteiger partial charge in [-0.3, -0.25) is 4.79 Å². The molecule has 28 heavy (non-hydrogen) atoms. The Morgan fingerprint density at radius 1 is 1.25 bits per heavy atom. The van der Waals surface area contributed by atoms with Crippen molar-refractivity contribution in [1.82, 2.24) is 5.32 Å². The first-order valence-corrected chi connectivity index (χ1v) is 10.4. The Labute approximate surface area is 168 Å². The van der Waals surface area contributed by atoms with Crippen LogP contribution in [0.2, 0.25) is 0 Å². The minimum absolute atomic E-state index is 0.0238. The number of anilines is 2. The Morgan fingerprint density at radius 2 is 2.11 bits per heavy atom. The second-order valence-electron chi connectivity index (χ2n) is 6.80. The molecule has 4 rings (SSSR count). The molecule has 1 saturated heterocycles. The molecule has 2 heterocycles. The van der Waals surface area contributed by atoms with E-state index in [1.807, 2.05) is 49.4 Å². The molecule has 1 atom stereocenters. The predicted molar refractivity (Wildman–Crippen MR) is 110 cm³/mol. The summed E-state index contributed by atoms with van der Waals surface area (Å²) < 4.78 is 5.52. The summed E-state index contributed by atoms with van der Waals surface area (Å²) in [7, 11) is 0. The van der Waals surface area contributed by atoms with Crippen LogP contribution in [-0.2, 0) is 4.74 Å². The largest absolute Gasteiger partial charge is 0.376 e. The number of urea groups is 1. The number of fused-ring (bicyclic) bond motifs is 2. The maximum Gasteiger partial charge on any atom is 0.319 e. The van der Waals surface area contributed by atoms with Gasteiger partial charge in [-0.15, -0.1) is 0 Å². The molecule has 6 nitrogen and oxygen atoms in total. The van der Waals surface area contributed by atoms with Gasteiger partial charge in [0.15, 0.2) is 0 Å². The Balaban J connectivity index is 1.53. The fourth-order valence-electron chi connectivity index (χ4n) is 3.50. The maximum absolute atomic E-state index is 13.0. The van der Waals surface area contributed by atoms with Crippen LogP contribution in [0, 0.1) is 0 Å². The number of nitrogens with one attached hydrogen (secondary N) is 2. The lowest BCUT2D eigenvalue weighted by Gasteiger charge is -2.22. The molecule has 0 aromatic heterocycles. The van der Waals surface area contributed by atoms with E-state index in [0.717, 1.165) is 34.9 Å². The zero-order valence-corrected chi connectivity index (χ0v) is 16.6. The van der Waals surface area contributed by atoms with E-state index in [0.29, 0.717) is 24.3 Å². The second kappa shape index (κ2) is 8.24. The smallest absolute Gasteiger partial charge is 0.319 e. The molecule has 1 fully saturated rings. The standard InChI is InChI=1S/C21H23N3O3S/c1-2-24-17-12-14(23-21(26)22-13-15-6-5-11-27-15)9-10-19(17)28-18-8-4-3-7-16(18)20(24)25/h3-4,7-10,12,15H,2,5-6,11,13H2,1H3,(H2,22,23,26)/t15-/m0/s1. The fourth-order valence-corrected chi connectivity index (χ4v) is 4.56. The van der Waals surface area contributed by atoms with Crippen LogP contribution < -0.4 is 15.5 Å². The summed E-state index contributed by atoms with van der Waals surface area (Å²) in [6.45, 7) is 3.77. The topological polar surface area (TPSA) is 70.7 Å². The van der Waals surface area contributed by atoms with Gasteiger partial charge in [-0.25, -0.2) is 4.79 Å². The van der Waals surface area contributed by atoms with Crippen LogP contribution >= 0.6 is 11.8 Å². The fraction of sp³-hybridized carbons (Fsp3) is 0.333. The van der Waals surface area contributed by atoms with Crippen molar-refractivity contribution in [1.29, 1.82) is 0 Å². The highest BCUT2D eigenvalue weighted by Gasteiger charge is 2.26. The normalized spacial score (nSPS) is 18.2. The maximum atomic E-state index is 13.0. The van der Waals surface area contributed by atoms with Gasteiger partial charge in [0.05, 0.1) is 17.4 Å². The van der Waals surface area contributed by atoms with Crippen molar-refractivity contribution in [2.45, 2.75) is 35.7 Å². The number of rotatable bonds is 4. The molecule has 146 valence electrons. The Kier molecular flexibility index (Phi) is 5.54. The van der Waals surface area contributed by atoms with E-state index < -0.39 is 0 Å². The lowest BCUT2D eigenvalue weighted by Crippen LogP contribution is -2.35. The number of hydrogen-bond donors (Lipinski definition) is 2. The predicted octanol–water partition coefficient (Wildman–Crippen LogP) is 4.12. The van der Waals surface area contributed by atoms with Crippen LogP contribution in [0.15, 0.2) is 52.3 Å². The highest BCUT2D eigenvalue weighted by atomic mass is 32.2. The summed E-state index contributed by atoms with van der Waals surface area (Å²) in [4.78, 5) is 28.9. The van der Waals surface area contributed by atoms with Gasteiger partial charge in [-0.2, -0.15) is 0 Å². The molecule has 0 bridgehead atoms. The van der Waals surface area contributed by atoms with Crippen LogP contribution in [0.25, 0.3) is 0 Å². The lowest BCUT2D eigenvalue weighted by molar-refractivity contribution is 0.0985. The molecule has 2 aromatic rings. The van der Waals surface area contributed by atoms with E-state index in [1.165, 1.54) is 0 Å². The van der Waals surface area contributed by atoms with Gasteiger partial charge in [0.1, 0.15) is 0 Å². The van der Waals surface area contributed by atoms with E-state index in [1.54, 1.807) is 16.7 Å². The zero-order valence-electron chi connectivity index (χ0n) is 15.7. The molecule has 0 spiro atoms. The first-order valence-electron chi connectivity index (χ1n) is 9.55. The summed E-state index contributed by atoms with van der Waals surface area (Å²) in [5.41, 5.74) is 2.17. The molecule has 2 aliphatic heterocycles. The molecule has 0 radical (unpaired) electrons. The van der Waals surface area contributed by atoms with Crippen molar-refractivity contribution in [3.05, 3.63) is 48.0 Å². The van der Waals surface area contributed by atoms with E-state index >= 15 is 0 Å². The Morgan fingerprint density at radius 3 is 2.89 bits per heavy atom. The number of hydrogen-bond acceptors (Lipinski definition) is 4. The van der Waals surface area contributed by atoms with Gasteiger partial charge in [0.2, 0.25) is 0 Å². The van der Waals surface area contributed by atoms with Crippen molar-refractivity contribution < 1.29 is 14.3 Å². The van der Waals surface area contributed by atoms with Gasteiger partial charge in [0, 0.05) is 35.2 Å². The lowest BCUT2D eigenvalue weighted by atomic mass is 10.1. The molecule has 2 N–H and O–H groups in total. The van der Waals surface area contributed by atoms with Gasteiger partial charge < -0.3 is 20.3 Å². The molecule has 7 heteroatoms. The number of amides is 3. The van der Waals surface area contributed by atoms with E-state index in [-0.39, 0.29) is 18.0 Å². The average Bonchev–Trinajstić information content (AvgIpc) is 3.19. The molecule has 0 aliphatic carbocycles. The van der Waals surface area contributed by atoms with Crippen LogP contribution in [0.4, 0.5) is 16.2 Å². The summed E-state index contributed by atoms with van der Waals surface area (Å²) in [5, 5.41) is 5.72. The molecule has 2 aromatic carbocycles. The second-order valence-corrected chi connectivity index (χ2v) is 7.88. The van der Waals surface area contributed by atoms with Crippen LogP contribution in [0.1, 0.15) is 30.1 Å². The first kappa shape index (κ1) is 18.8. The number of carbonyl (C=O) groups excluding carboxylic acids is 2. The van der Waals surface area contributed by atoms with E-state index in [9.17, 15) is 9.59 Å². The SMILES string of the molecule is CCN1C(=O)c2ccccc2Sc2ccc(NC(=O)NC[C@@H]3CCCO3)cc21. The number of carbonyl (C=O) groups is 2. The van der Waals surface area contributed by atoms with Gasteiger partial charge in [-0.05, 0) is 50.1 Å². The van der Waals surface area contributed by atoms with Crippen molar-refractivity contribution in [3.63, 3.8) is 0 Å². The quantitative estimate of drug-likeness (QED) is 0.814. The first-order chi connectivity index (χ1) is 13.7. The Bertz CT molecular complexity index is 896. The van der Waals surface area contributed by atoms with Crippen LogP contribution in [0.3, 0.4) is 0 Å². The average molecular weight is 398 g/mol. The Hall–Kier alpha value is -2.51. The molecule has 0 unspecified atom stereocenters. The van der Waals surface area contributed by atoms with Crippen molar-refractivity contribution in [2.75, 3.05) is 29.9 Å². The highest BCUT2D eigenvalue weighted by Crippen LogP contribution is 2.42. The molecule has 2 aliphatic rings. The summed E-state index contributed by atoms with van der Waals surface area (Å²) in [5.74, 6) is -0.0238. The summed E-state index contributed by atoms with van der Waals surface area (Å²) in [6.07, 6.45) is 2.12. The third kappa shape index (κ3) is 3.86. The van der Waals surface area contributed by atoms with Crippen LogP contribution in [-0.4, -0.2) is 37.7 Å². The van der Waals surface area contributed by atoms with E-state index in [2.05, 4.69) is 10.6 Å². The van der Waals surface area contributed by atoms with Gasteiger partial charge >= 0.3 is 6.03 Å². The number of nitrogens with zero attached hydrogens (tertiary/aromatic N) is 1. The van der Waals surface area contributed by atoms with Crippen molar-refractivity contribution in [2.24, 2.45) is 0 Å². The summed E-state index contributed by atoms with van der Waals surface area (Å²) >= 11 is 1.57. The minimum Gasteiger partial charge on any atom is -0.376 e. The minimum atomic E-state index is -0.269. The van der Waals surface area contributed by atoms with E-state index in [4.69, 9.17) is 4.74 Å². The third-order valence-corrected chi connectivity index (χ3v) is 6.06. The molecular formula is C21H23N3O3S. The van der Waals surface area contributed by atoms with Gasteiger partial charge in [0.25, 0.3) is 5.91 Å². The van der Waals surface area contributed by atoms with Gasteiger partial charge in [-0.1, -0.05) is 23.9 Å². The van der Waals surface area contributed by atoms with Crippen LogP contribution in [0.5, 0.6) is 0 Å².